The minimum Gasteiger partial charge on any atom is -0.493 e. The third kappa shape index (κ3) is 3.32. The van der Waals surface area contributed by atoms with E-state index < -0.39 is 0 Å². The summed E-state index contributed by atoms with van der Waals surface area (Å²) in [5.74, 6) is 2.27. The van der Waals surface area contributed by atoms with Crippen molar-refractivity contribution in [1.82, 2.24) is 5.32 Å². The molecule has 0 unspecified atom stereocenters. The highest BCUT2D eigenvalue weighted by Crippen LogP contribution is 2.30. The molecule has 0 saturated heterocycles. The molecular weight excluding hydrogens is 222 g/mol. The van der Waals surface area contributed by atoms with Crippen molar-refractivity contribution in [2.75, 3.05) is 26.6 Å². The van der Waals surface area contributed by atoms with Crippen LogP contribution >= 0.6 is 12.6 Å². The maximum absolute atomic E-state index is 5.28. The molecule has 0 amide bonds. The van der Waals surface area contributed by atoms with E-state index in [4.69, 9.17) is 9.47 Å². The van der Waals surface area contributed by atoms with Crippen LogP contribution in [0, 0.1) is 6.92 Å². The normalized spacial score (nSPS) is 10.2. The Morgan fingerprint density at radius 1 is 1.19 bits per heavy atom. The number of hydrogen-bond acceptors (Lipinski definition) is 4. The Kier molecular flexibility index (Phi) is 5.49. The Hall–Kier alpha value is -0.870. The van der Waals surface area contributed by atoms with Crippen LogP contribution in [-0.4, -0.2) is 26.6 Å². The molecule has 1 aromatic rings. The first-order chi connectivity index (χ1) is 7.72. The third-order valence-electron chi connectivity index (χ3n) is 2.53. The van der Waals surface area contributed by atoms with Crippen LogP contribution in [0.5, 0.6) is 11.5 Å². The lowest BCUT2D eigenvalue weighted by atomic mass is 10.0. The maximum Gasteiger partial charge on any atom is 0.161 e. The zero-order valence-electron chi connectivity index (χ0n) is 10.0. The molecule has 0 aliphatic carbocycles. The number of hydrogen-bond donors (Lipinski definition) is 2. The number of rotatable bonds is 6. The van der Waals surface area contributed by atoms with E-state index in [2.05, 4.69) is 24.9 Å². The van der Waals surface area contributed by atoms with Crippen molar-refractivity contribution in [3.05, 3.63) is 23.3 Å². The second-order valence-electron chi connectivity index (χ2n) is 3.54. The molecule has 16 heavy (non-hydrogen) atoms. The quantitative estimate of drug-likeness (QED) is 0.454. The number of ether oxygens (including phenoxy) is 2. The summed E-state index contributed by atoms with van der Waals surface area (Å²) in [6.45, 7) is 3.00. The van der Waals surface area contributed by atoms with Gasteiger partial charge in [0.25, 0.3) is 0 Å². The molecule has 0 fully saturated rings. The summed E-state index contributed by atoms with van der Waals surface area (Å²) in [5, 5.41) is 3.18. The van der Waals surface area contributed by atoms with Crippen LogP contribution in [-0.2, 0) is 6.42 Å². The maximum atomic E-state index is 5.28. The van der Waals surface area contributed by atoms with Crippen LogP contribution < -0.4 is 14.8 Å². The van der Waals surface area contributed by atoms with Crippen LogP contribution in [0.15, 0.2) is 12.1 Å². The molecule has 1 N–H and O–H groups in total. The van der Waals surface area contributed by atoms with Gasteiger partial charge in [-0.2, -0.15) is 12.6 Å². The standard InChI is InChI=1S/C12H19NO2S/c1-9-6-11(14-2)12(15-3)7-10(9)4-5-13-8-16/h6-7,13,16H,4-5,8H2,1-3H3. The van der Waals surface area contributed by atoms with Crippen LogP contribution in [0.3, 0.4) is 0 Å². The van der Waals surface area contributed by atoms with Crippen molar-refractivity contribution in [3.8, 4) is 11.5 Å². The van der Waals surface area contributed by atoms with E-state index in [0.717, 1.165) is 24.5 Å². The number of aryl methyl sites for hydroxylation is 1. The number of methoxy groups -OCH3 is 2. The van der Waals surface area contributed by atoms with E-state index in [9.17, 15) is 0 Å². The van der Waals surface area contributed by atoms with E-state index in [1.165, 1.54) is 11.1 Å². The van der Waals surface area contributed by atoms with E-state index in [1.54, 1.807) is 14.2 Å². The highest BCUT2D eigenvalue weighted by atomic mass is 32.1. The molecule has 0 saturated carbocycles. The molecule has 1 aromatic carbocycles. The van der Waals surface area contributed by atoms with E-state index >= 15 is 0 Å². The molecule has 0 bridgehead atoms. The van der Waals surface area contributed by atoms with Crippen molar-refractivity contribution in [1.29, 1.82) is 0 Å². The van der Waals surface area contributed by atoms with Gasteiger partial charge in [-0.25, -0.2) is 0 Å². The van der Waals surface area contributed by atoms with Crippen LogP contribution in [0.25, 0.3) is 0 Å². The Bertz CT molecular complexity index is 342. The summed E-state index contributed by atoms with van der Waals surface area (Å²) in [6, 6.07) is 4.04. The largest absolute Gasteiger partial charge is 0.493 e. The molecule has 0 spiro atoms. The zero-order valence-corrected chi connectivity index (χ0v) is 10.9. The van der Waals surface area contributed by atoms with Gasteiger partial charge in [-0.15, -0.1) is 0 Å². The summed E-state index contributed by atoms with van der Waals surface area (Å²) < 4.78 is 10.5. The second-order valence-corrected chi connectivity index (χ2v) is 3.86. The molecule has 3 nitrogen and oxygen atoms in total. The van der Waals surface area contributed by atoms with Gasteiger partial charge >= 0.3 is 0 Å². The molecule has 0 atom stereocenters. The lowest BCUT2D eigenvalue weighted by Gasteiger charge is -2.12. The van der Waals surface area contributed by atoms with Crippen LogP contribution in [0.4, 0.5) is 0 Å². The minimum atomic E-state index is 0.701. The molecule has 1 rings (SSSR count). The van der Waals surface area contributed by atoms with Gasteiger partial charge in [-0.05, 0) is 43.1 Å². The van der Waals surface area contributed by atoms with Crippen molar-refractivity contribution >= 4 is 12.6 Å². The van der Waals surface area contributed by atoms with Gasteiger partial charge in [0, 0.05) is 5.88 Å². The fourth-order valence-corrected chi connectivity index (χ4v) is 1.75. The average molecular weight is 241 g/mol. The van der Waals surface area contributed by atoms with Crippen LogP contribution in [0.1, 0.15) is 11.1 Å². The molecule has 4 heteroatoms. The summed E-state index contributed by atoms with van der Waals surface area (Å²) in [6.07, 6.45) is 0.965. The van der Waals surface area contributed by atoms with Gasteiger partial charge < -0.3 is 14.8 Å². The predicted molar refractivity (Wildman–Crippen MR) is 69.8 cm³/mol. The van der Waals surface area contributed by atoms with Gasteiger partial charge in [0.15, 0.2) is 11.5 Å². The van der Waals surface area contributed by atoms with Gasteiger partial charge in [-0.1, -0.05) is 0 Å². The number of benzene rings is 1. The third-order valence-corrected chi connectivity index (χ3v) is 2.75. The highest BCUT2D eigenvalue weighted by molar-refractivity contribution is 7.80. The zero-order chi connectivity index (χ0) is 12.0. The van der Waals surface area contributed by atoms with Crippen molar-refractivity contribution in [3.63, 3.8) is 0 Å². The van der Waals surface area contributed by atoms with Gasteiger partial charge in [0.1, 0.15) is 0 Å². The van der Waals surface area contributed by atoms with Crippen LogP contribution in [0.2, 0.25) is 0 Å². The predicted octanol–water partition coefficient (Wildman–Crippen LogP) is 2.03. The SMILES string of the molecule is COc1cc(C)c(CCNCS)cc1OC. The van der Waals surface area contributed by atoms with Gasteiger partial charge in [-0.3, -0.25) is 0 Å². The first-order valence-corrected chi connectivity index (χ1v) is 5.89. The van der Waals surface area contributed by atoms with Crippen molar-refractivity contribution < 1.29 is 9.47 Å². The van der Waals surface area contributed by atoms with Gasteiger partial charge in [0.05, 0.1) is 14.2 Å². The molecular formula is C12H19NO2S. The Balaban J connectivity index is 2.84. The summed E-state index contributed by atoms with van der Waals surface area (Å²) in [5.41, 5.74) is 2.49. The Morgan fingerprint density at radius 2 is 1.81 bits per heavy atom. The van der Waals surface area contributed by atoms with Crippen molar-refractivity contribution in [2.24, 2.45) is 0 Å². The smallest absolute Gasteiger partial charge is 0.161 e. The van der Waals surface area contributed by atoms with E-state index in [1.807, 2.05) is 12.1 Å². The van der Waals surface area contributed by atoms with Gasteiger partial charge in [0.2, 0.25) is 0 Å². The fourth-order valence-electron chi connectivity index (χ4n) is 1.59. The summed E-state index contributed by atoms with van der Waals surface area (Å²) in [4.78, 5) is 0. The molecule has 0 aromatic heterocycles. The Morgan fingerprint density at radius 3 is 2.38 bits per heavy atom. The van der Waals surface area contributed by atoms with Crippen molar-refractivity contribution in [2.45, 2.75) is 13.3 Å². The first-order valence-electron chi connectivity index (χ1n) is 5.26. The Labute approximate surface area is 103 Å². The molecule has 0 radical (unpaired) electrons. The molecule has 0 aliphatic heterocycles. The molecule has 0 aliphatic rings. The van der Waals surface area contributed by atoms with E-state index in [-0.39, 0.29) is 0 Å². The summed E-state index contributed by atoms with van der Waals surface area (Å²) in [7, 11) is 3.31. The molecule has 0 heterocycles. The number of thiol groups is 1. The molecule has 90 valence electrons. The summed E-state index contributed by atoms with van der Waals surface area (Å²) >= 11 is 4.11. The monoisotopic (exact) mass is 241 g/mol. The van der Waals surface area contributed by atoms with E-state index in [0.29, 0.717) is 5.88 Å². The topological polar surface area (TPSA) is 30.5 Å². The lowest BCUT2D eigenvalue weighted by Crippen LogP contribution is -2.15. The average Bonchev–Trinajstić information content (AvgIpc) is 2.31. The second kappa shape index (κ2) is 6.66. The lowest BCUT2D eigenvalue weighted by molar-refractivity contribution is 0.354. The fraction of sp³-hybridized carbons (Fsp3) is 0.500. The highest BCUT2D eigenvalue weighted by Gasteiger charge is 2.07. The first kappa shape index (κ1) is 13.2. The number of nitrogens with one attached hydrogen (secondary N) is 1. The minimum absolute atomic E-state index is 0.701.